The van der Waals surface area contributed by atoms with Crippen LogP contribution in [0, 0.1) is 5.41 Å². The molecule has 1 aliphatic heterocycles. The summed E-state index contributed by atoms with van der Waals surface area (Å²) in [5.41, 5.74) is -0.0983. The highest BCUT2D eigenvalue weighted by molar-refractivity contribution is 7.53. The average Bonchev–Trinajstić information content (AvgIpc) is 2.99. The van der Waals surface area contributed by atoms with Crippen LogP contribution in [0.5, 0.6) is 0 Å². The number of carbonyl (C=O) groups is 1. The number of nitrogens with zero attached hydrogens (tertiary/aromatic N) is 3. The van der Waals surface area contributed by atoms with Gasteiger partial charge in [-0.3, -0.25) is 4.57 Å². The summed E-state index contributed by atoms with van der Waals surface area (Å²) >= 11 is 0. The van der Waals surface area contributed by atoms with E-state index < -0.39 is 13.8 Å². The second-order valence-corrected chi connectivity index (χ2v) is 11.1. The van der Waals surface area contributed by atoms with Crippen LogP contribution >= 0.6 is 7.67 Å². The summed E-state index contributed by atoms with van der Waals surface area (Å²) in [4.78, 5) is 14.0. The van der Waals surface area contributed by atoms with Crippen LogP contribution in [-0.4, -0.2) is 111 Å². The lowest BCUT2D eigenvalue weighted by atomic mass is 9.99. The van der Waals surface area contributed by atoms with Crippen molar-refractivity contribution in [3.8, 4) is 0 Å². The fourth-order valence-corrected chi connectivity index (χ4v) is 5.30. The van der Waals surface area contributed by atoms with Gasteiger partial charge in [-0.15, -0.1) is 0 Å². The Bertz CT molecular complexity index is 559. The fraction of sp³-hybridized carbons (Fsp3) is 0.950. The monoisotopic (exact) mass is 467 g/mol. The number of amides is 1. The van der Waals surface area contributed by atoms with Crippen molar-refractivity contribution in [2.24, 2.45) is 5.41 Å². The number of ether oxygens (including phenoxy) is 3. The summed E-state index contributed by atoms with van der Waals surface area (Å²) in [5, 5.41) is 8.62. The molecule has 1 N–H and O–H groups in total. The van der Waals surface area contributed by atoms with E-state index in [0.717, 1.165) is 0 Å². The predicted octanol–water partition coefficient (Wildman–Crippen LogP) is 2.28. The molecule has 0 bridgehead atoms. The number of aliphatic hydroxyl groups is 1. The van der Waals surface area contributed by atoms with Gasteiger partial charge in [0.15, 0.2) is 0 Å². The Hall–Kier alpha value is -0.740. The van der Waals surface area contributed by atoms with E-state index in [1.807, 2.05) is 18.6 Å². The maximum atomic E-state index is 13.8. The van der Waals surface area contributed by atoms with Crippen LogP contribution in [0.15, 0.2) is 0 Å². The second kappa shape index (κ2) is 14.4. The number of carbonyl (C=O) groups excluding carboxylic acids is 1. The van der Waals surface area contributed by atoms with Gasteiger partial charge in [0.05, 0.1) is 39.6 Å². The molecule has 1 atom stereocenters. The Morgan fingerprint density at radius 1 is 1.03 bits per heavy atom. The molecular weight excluding hydrogens is 425 g/mol. The smallest absolute Gasteiger partial charge is 0.409 e. The van der Waals surface area contributed by atoms with Gasteiger partial charge in [0, 0.05) is 32.7 Å². The first-order chi connectivity index (χ1) is 14.6. The van der Waals surface area contributed by atoms with Crippen molar-refractivity contribution in [2.75, 3.05) is 86.0 Å². The van der Waals surface area contributed by atoms with Gasteiger partial charge in [0.2, 0.25) is 0 Å². The number of rotatable bonds is 13. The molecule has 0 aromatic carbocycles. The summed E-state index contributed by atoms with van der Waals surface area (Å²) in [6.07, 6.45) is 0.296. The molecule has 0 radical (unpaired) electrons. The predicted molar refractivity (Wildman–Crippen MR) is 119 cm³/mol. The van der Waals surface area contributed by atoms with Crippen molar-refractivity contribution in [1.82, 2.24) is 14.2 Å². The van der Waals surface area contributed by atoms with Gasteiger partial charge in [-0.25, -0.2) is 14.1 Å². The summed E-state index contributed by atoms with van der Waals surface area (Å²) in [7, 11) is -1.35. The van der Waals surface area contributed by atoms with E-state index in [-0.39, 0.29) is 31.8 Å². The van der Waals surface area contributed by atoms with Crippen molar-refractivity contribution in [3.63, 3.8) is 0 Å². The largest absolute Gasteiger partial charge is 0.447 e. The normalized spacial score (nSPS) is 18.1. The van der Waals surface area contributed by atoms with Gasteiger partial charge in [0.1, 0.15) is 6.61 Å². The van der Waals surface area contributed by atoms with Crippen LogP contribution in [0.25, 0.3) is 0 Å². The van der Waals surface area contributed by atoms with Crippen molar-refractivity contribution in [3.05, 3.63) is 0 Å². The Morgan fingerprint density at radius 2 is 1.68 bits per heavy atom. The SMILES string of the molecule is CCN(C)P(=O)(OCC(C)(C)C)N1CCCN(C(=O)OCCOCCOCCO)CC1. The van der Waals surface area contributed by atoms with E-state index in [4.69, 9.17) is 23.8 Å². The molecule has 1 heterocycles. The highest BCUT2D eigenvalue weighted by atomic mass is 31.2. The molecule has 0 aromatic heterocycles. The van der Waals surface area contributed by atoms with Gasteiger partial charge in [0.25, 0.3) is 0 Å². The van der Waals surface area contributed by atoms with Crippen molar-refractivity contribution < 1.29 is 33.2 Å². The van der Waals surface area contributed by atoms with Crippen LogP contribution in [0.1, 0.15) is 34.1 Å². The minimum atomic E-state index is -3.17. The number of aliphatic hydroxyl groups excluding tert-OH is 1. The molecule has 31 heavy (non-hydrogen) atoms. The maximum absolute atomic E-state index is 13.8. The average molecular weight is 468 g/mol. The van der Waals surface area contributed by atoms with Crippen LogP contribution in [0.4, 0.5) is 4.79 Å². The Kier molecular flexibility index (Phi) is 13.2. The summed E-state index contributed by atoms with van der Waals surface area (Å²) in [6.45, 7) is 12.6. The second-order valence-electron chi connectivity index (χ2n) is 8.66. The zero-order chi connectivity index (χ0) is 23.3. The Labute approximate surface area is 187 Å². The quantitative estimate of drug-likeness (QED) is 0.323. The minimum absolute atomic E-state index is 0.0161. The molecule has 1 fully saturated rings. The maximum Gasteiger partial charge on any atom is 0.409 e. The topological polar surface area (TPSA) is 101 Å². The van der Waals surface area contributed by atoms with Crippen LogP contribution in [0.2, 0.25) is 0 Å². The molecule has 1 saturated heterocycles. The summed E-state index contributed by atoms with van der Waals surface area (Å²) in [5.74, 6) is 0. The molecule has 1 amide bonds. The van der Waals surface area contributed by atoms with Crippen molar-refractivity contribution in [2.45, 2.75) is 34.1 Å². The number of hydrogen-bond donors (Lipinski definition) is 1. The molecule has 11 heteroatoms. The van der Waals surface area contributed by atoms with Crippen LogP contribution in [0.3, 0.4) is 0 Å². The molecule has 1 aliphatic rings. The fourth-order valence-electron chi connectivity index (χ4n) is 2.86. The first-order valence-corrected chi connectivity index (χ1v) is 12.6. The zero-order valence-corrected chi connectivity index (χ0v) is 20.8. The molecule has 0 aliphatic carbocycles. The van der Waals surface area contributed by atoms with Gasteiger partial charge in [-0.1, -0.05) is 27.7 Å². The van der Waals surface area contributed by atoms with E-state index >= 15 is 0 Å². The van der Waals surface area contributed by atoms with Crippen molar-refractivity contribution >= 4 is 13.8 Å². The highest BCUT2D eigenvalue weighted by Crippen LogP contribution is 2.54. The Balaban J connectivity index is 2.49. The first kappa shape index (κ1) is 28.3. The summed E-state index contributed by atoms with van der Waals surface area (Å²) in [6, 6.07) is 0. The molecule has 0 saturated carbocycles. The molecule has 0 spiro atoms. The van der Waals surface area contributed by atoms with Gasteiger partial charge in [-0.2, -0.15) is 0 Å². The number of hydrogen-bond acceptors (Lipinski definition) is 7. The zero-order valence-electron chi connectivity index (χ0n) is 19.9. The van der Waals surface area contributed by atoms with E-state index in [9.17, 15) is 9.36 Å². The third-order valence-electron chi connectivity index (χ3n) is 4.70. The molecular formula is C20H42N3O7P. The Morgan fingerprint density at radius 3 is 2.29 bits per heavy atom. The molecule has 184 valence electrons. The molecule has 1 rings (SSSR count). The van der Waals surface area contributed by atoms with Gasteiger partial charge in [-0.05, 0) is 18.9 Å². The molecule has 1 unspecified atom stereocenters. The molecule has 10 nitrogen and oxygen atoms in total. The third kappa shape index (κ3) is 10.6. The van der Waals surface area contributed by atoms with E-state index in [2.05, 4.69) is 20.8 Å². The standard InChI is InChI=1S/C20H42N3O7P/c1-6-21(5)31(26,30-18-20(2,3)4)23-9-7-8-22(10-11-23)19(25)29-17-16-28-15-14-27-13-12-24/h24H,6-18H2,1-5H3. The van der Waals surface area contributed by atoms with Gasteiger partial charge >= 0.3 is 13.8 Å². The lowest BCUT2D eigenvalue weighted by Gasteiger charge is -2.36. The first-order valence-electron chi connectivity index (χ1n) is 11.0. The van der Waals surface area contributed by atoms with Crippen LogP contribution < -0.4 is 0 Å². The minimum Gasteiger partial charge on any atom is -0.447 e. The van der Waals surface area contributed by atoms with E-state index in [1.165, 1.54) is 0 Å². The lowest BCUT2D eigenvalue weighted by Crippen LogP contribution is -2.37. The molecule has 0 aromatic rings. The summed E-state index contributed by atoms with van der Waals surface area (Å²) < 4.78 is 39.1. The lowest BCUT2D eigenvalue weighted by molar-refractivity contribution is 0.0144. The van der Waals surface area contributed by atoms with E-state index in [1.54, 1.807) is 9.57 Å². The van der Waals surface area contributed by atoms with Crippen LogP contribution in [-0.2, 0) is 23.3 Å². The third-order valence-corrected chi connectivity index (χ3v) is 7.43. The highest BCUT2D eigenvalue weighted by Gasteiger charge is 2.38. The van der Waals surface area contributed by atoms with E-state index in [0.29, 0.717) is 59.0 Å². The van der Waals surface area contributed by atoms with Gasteiger partial charge < -0.3 is 28.7 Å². The van der Waals surface area contributed by atoms with Crippen molar-refractivity contribution in [1.29, 1.82) is 0 Å².